The number of ether oxygens (including phenoxy) is 2. The second kappa shape index (κ2) is 11.6. The van der Waals surface area contributed by atoms with Crippen molar-refractivity contribution in [2.75, 3.05) is 11.9 Å². The van der Waals surface area contributed by atoms with E-state index < -0.39 is 40.0 Å². The number of rotatable bonds is 10. The monoisotopic (exact) mass is 491 g/mol. The Morgan fingerprint density at radius 3 is 2.24 bits per heavy atom. The third kappa shape index (κ3) is 7.56. The number of amides is 2. The fourth-order valence-electron chi connectivity index (χ4n) is 2.89. The number of nitrogens with two attached hydrogens (primary N) is 1. The smallest absolute Gasteiger partial charge is 0.329 e. The van der Waals surface area contributed by atoms with Crippen LogP contribution >= 0.6 is 0 Å². The van der Waals surface area contributed by atoms with Crippen LogP contribution in [-0.4, -0.2) is 45.0 Å². The van der Waals surface area contributed by atoms with E-state index in [0.29, 0.717) is 17.9 Å². The number of carbonyl (C=O) groups is 3. The van der Waals surface area contributed by atoms with Gasteiger partial charge in [-0.1, -0.05) is 19.9 Å². The molecule has 0 fully saturated rings. The Morgan fingerprint density at radius 2 is 1.68 bits per heavy atom. The van der Waals surface area contributed by atoms with Crippen LogP contribution < -0.4 is 20.5 Å². The molecule has 11 heteroatoms. The normalized spacial score (nSPS) is 13.0. The van der Waals surface area contributed by atoms with Gasteiger partial charge in [-0.25, -0.2) is 18.4 Å². The molecule has 0 spiro atoms. The average Bonchev–Trinajstić information content (AvgIpc) is 2.77. The van der Waals surface area contributed by atoms with Gasteiger partial charge >= 0.3 is 5.97 Å². The summed E-state index contributed by atoms with van der Waals surface area (Å²) in [5.74, 6) is -1.64. The molecule has 0 aliphatic carbocycles. The van der Waals surface area contributed by atoms with Crippen molar-refractivity contribution < 1.29 is 32.3 Å². The molecule has 2 amide bonds. The predicted octanol–water partition coefficient (Wildman–Crippen LogP) is 2.06. The van der Waals surface area contributed by atoms with Gasteiger partial charge < -0.3 is 20.1 Å². The minimum atomic E-state index is -3.94. The zero-order valence-corrected chi connectivity index (χ0v) is 20.2. The fourth-order valence-corrected chi connectivity index (χ4v) is 3.45. The van der Waals surface area contributed by atoms with Crippen molar-refractivity contribution in [2.45, 2.75) is 44.7 Å². The van der Waals surface area contributed by atoms with E-state index in [4.69, 9.17) is 14.6 Å². The van der Waals surface area contributed by atoms with Gasteiger partial charge in [0, 0.05) is 11.3 Å². The second-order valence-corrected chi connectivity index (χ2v) is 9.36. The standard InChI is InChI=1S/C23H29N3O7S/c1-5-32-18-11-9-16(10-12-18)22(28)26-20(14(2)3)23(29)33-15(4)21(27)25-17-7-6-8-19(13-17)34(24,30)31/h6-15,20H,5H2,1-4H3,(H,25,27)(H,26,28)(H2,24,30,31)/t15?,20-/m0/s1. The van der Waals surface area contributed by atoms with Crippen LogP contribution in [-0.2, 0) is 24.3 Å². The molecule has 34 heavy (non-hydrogen) atoms. The van der Waals surface area contributed by atoms with Crippen molar-refractivity contribution in [3.8, 4) is 5.75 Å². The topological polar surface area (TPSA) is 154 Å². The molecule has 0 heterocycles. The number of primary sulfonamides is 1. The maximum absolute atomic E-state index is 12.7. The Hall–Kier alpha value is -3.44. The lowest BCUT2D eigenvalue weighted by molar-refractivity contribution is -0.156. The van der Waals surface area contributed by atoms with Gasteiger partial charge in [-0.05, 0) is 62.2 Å². The molecule has 0 radical (unpaired) electrons. The lowest BCUT2D eigenvalue weighted by atomic mass is 10.0. The highest BCUT2D eigenvalue weighted by Crippen LogP contribution is 2.16. The van der Waals surface area contributed by atoms with Gasteiger partial charge in [-0.2, -0.15) is 0 Å². The Balaban J connectivity index is 2.02. The van der Waals surface area contributed by atoms with Crippen LogP contribution in [0.15, 0.2) is 53.4 Å². The first kappa shape index (κ1) is 26.8. The van der Waals surface area contributed by atoms with Crippen LogP contribution in [0, 0.1) is 5.92 Å². The molecule has 2 aromatic rings. The highest BCUT2D eigenvalue weighted by atomic mass is 32.2. The van der Waals surface area contributed by atoms with Crippen LogP contribution in [0.5, 0.6) is 5.75 Å². The van der Waals surface area contributed by atoms with Crippen molar-refractivity contribution in [1.29, 1.82) is 0 Å². The van der Waals surface area contributed by atoms with Crippen LogP contribution in [0.25, 0.3) is 0 Å². The Labute approximate surface area is 198 Å². The van der Waals surface area contributed by atoms with Gasteiger partial charge in [0.1, 0.15) is 11.8 Å². The largest absolute Gasteiger partial charge is 0.494 e. The third-order valence-corrected chi connectivity index (χ3v) is 5.64. The zero-order valence-electron chi connectivity index (χ0n) is 19.4. The highest BCUT2D eigenvalue weighted by Gasteiger charge is 2.29. The number of sulfonamides is 1. The van der Waals surface area contributed by atoms with Gasteiger partial charge in [0.15, 0.2) is 6.10 Å². The maximum atomic E-state index is 12.7. The molecular weight excluding hydrogens is 462 g/mol. The summed E-state index contributed by atoms with van der Waals surface area (Å²) in [4.78, 5) is 37.6. The fraction of sp³-hybridized carbons (Fsp3) is 0.348. The molecule has 0 aromatic heterocycles. The predicted molar refractivity (Wildman–Crippen MR) is 126 cm³/mol. The summed E-state index contributed by atoms with van der Waals surface area (Å²) in [6.07, 6.45) is -1.21. The van der Waals surface area contributed by atoms with Crippen molar-refractivity contribution in [1.82, 2.24) is 5.32 Å². The number of benzene rings is 2. The van der Waals surface area contributed by atoms with E-state index in [1.807, 2.05) is 6.92 Å². The van der Waals surface area contributed by atoms with Gasteiger partial charge in [-0.15, -0.1) is 0 Å². The molecule has 0 aliphatic heterocycles. The van der Waals surface area contributed by atoms with E-state index in [-0.39, 0.29) is 16.5 Å². The summed E-state index contributed by atoms with van der Waals surface area (Å²) in [7, 11) is -3.94. The lowest BCUT2D eigenvalue weighted by Gasteiger charge is -2.23. The molecule has 10 nitrogen and oxygen atoms in total. The molecule has 2 aromatic carbocycles. The van der Waals surface area contributed by atoms with Gasteiger partial charge in [0.05, 0.1) is 11.5 Å². The van der Waals surface area contributed by atoms with Crippen LogP contribution in [0.2, 0.25) is 0 Å². The third-order valence-electron chi connectivity index (χ3n) is 4.73. The average molecular weight is 492 g/mol. The first-order valence-electron chi connectivity index (χ1n) is 10.6. The Bertz CT molecular complexity index is 1130. The summed E-state index contributed by atoms with van der Waals surface area (Å²) >= 11 is 0. The van der Waals surface area contributed by atoms with Crippen molar-refractivity contribution in [3.63, 3.8) is 0 Å². The summed E-state index contributed by atoms with van der Waals surface area (Å²) in [6, 6.07) is 10.8. The lowest BCUT2D eigenvalue weighted by Crippen LogP contribution is -2.47. The summed E-state index contributed by atoms with van der Waals surface area (Å²) in [5, 5.41) is 10.2. The number of carbonyl (C=O) groups excluding carboxylic acids is 3. The van der Waals surface area contributed by atoms with Crippen LogP contribution in [0.4, 0.5) is 5.69 Å². The molecule has 2 rings (SSSR count). The Morgan fingerprint density at radius 1 is 1.03 bits per heavy atom. The zero-order chi connectivity index (χ0) is 25.5. The molecule has 2 atom stereocenters. The molecular formula is C23H29N3O7S. The minimum Gasteiger partial charge on any atom is -0.494 e. The van der Waals surface area contributed by atoms with E-state index in [1.165, 1.54) is 31.2 Å². The first-order valence-corrected chi connectivity index (χ1v) is 12.1. The summed E-state index contributed by atoms with van der Waals surface area (Å²) in [6.45, 7) is 7.17. The molecule has 0 saturated heterocycles. The number of hydrogen-bond acceptors (Lipinski definition) is 7. The molecule has 0 saturated carbocycles. The first-order chi connectivity index (χ1) is 15.9. The highest BCUT2D eigenvalue weighted by molar-refractivity contribution is 7.89. The molecule has 0 aliphatic rings. The van der Waals surface area contributed by atoms with Crippen molar-refractivity contribution >= 4 is 33.5 Å². The minimum absolute atomic E-state index is 0.170. The maximum Gasteiger partial charge on any atom is 0.329 e. The Kier molecular flexibility index (Phi) is 9.16. The van der Waals surface area contributed by atoms with E-state index in [9.17, 15) is 22.8 Å². The second-order valence-electron chi connectivity index (χ2n) is 7.79. The SMILES string of the molecule is CCOc1ccc(C(=O)N[C@H](C(=O)OC(C)C(=O)Nc2cccc(S(N)(=O)=O)c2)C(C)C)cc1. The molecule has 4 N–H and O–H groups in total. The van der Waals surface area contributed by atoms with E-state index in [1.54, 1.807) is 38.1 Å². The molecule has 184 valence electrons. The number of hydrogen-bond donors (Lipinski definition) is 3. The van der Waals surface area contributed by atoms with Crippen molar-refractivity contribution in [3.05, 3.63) is 54.1 Å². The summed E-state index contributed by atoms with van der Waals surface area (Å²) in [5.41, 5.74) is 0.506. The molecule has 0 bridgehead atoms. The molecule has 1 unspecified atom stereocenters. The van der Waals surface area contributed by atoms with Gasteiger partial charge in [0.25, 0.3) is 11.8 Å². The number of nitrogens with one attached hydrogen (secondary N) is 2. The van der Waals surface area contributed by atoms with E-state index in [2.05, 4.69) is 10.6 Å². The summed E-state index contributed by atoms with van der Waals surface area (Å²) < 4.78 is 33.6. The quantitative estimate of drug-likeness (QED) is 0.430. The number of anilines is 1. The van der Waals surface area contributed by atoms with Crippen LogP contribution in [0.3, 0.4) is 0 Å². The van der Waals surface area contributed by atoms with E-state index in [0.717, 1.165) is 0 Å². The van der Waals surface area contributed by atoms with E-state index >= 15 is 0 Å². The number of esters is 1. The van der Waals surface area contributed by atoms with Crippen LogP contribution in [0.1, 0.15) is 38.1 Å². The van der Waals surface area contributed by atoms with Gasteiger partial charge in [0.2, 0.25) is 10.0 Å². The van der Waals surface area contributed by atoms with Crippen molar-refractivity contribution in [2.24, 2.45) is 11.1 Å². The van der Waals surface area contributed by atoms with Gasteiger partial charge in [-0.3, -0.25) is 9.59 Å².